The predicted molar refractivity (Wildman–Crippen MR) is 89.1 cm³/mol. The Hall–Kier alpha value is -1.85. The van der Waals surface area contributed by atoms with Crippen molar-refractivity contribution in [3.8, 4) is 0 Å². The lowest BCUT2D eigenvalue weighted by molar-refractivity contribution is -0.123. The molecule has 3 aliphatic rings. The van der Waals surface area contributed by atoms with Gasteiger partial charge in [-0.2, -0.15) is 5.10 Å². The van der Waals surface area contributed by atoms with Crippen molar-refractivity contribution in [1.82, 2.24) is 20.4 Å². The van der Waals surface area contributed by atoms with Gasteiger partial charge in [0.25, 0.3) is 5.91 Å². The van der Waals surface area contributed by atoms with E-state index in [1.54, 1.807) is 4.90 Å². The van der Waals surface area contributed by atoms with Gasteiger partial charge < -0.3 is 10.2 Å². The fourth-order valence-corrected chi connectivity index (χ4v) is 3.70. The van der Waals surface area contributed by atoms with Crippen LogP contribution in [-0.4, -0.2) is 46.0 Å². The first kappa shape index (κ1) is 14.7. The Balaban J connectivity index is 0.00000113. The van der Waals surface area contributed by atoms with Crippen LogP contribution in [0.25, 0.3) is 0 Å². The summed E-state index contributed by atoms with van der Waals surface area (Å²) in [6.07, 6.45) is 4.34. The molecule has 1 aromatic rings. The van der Waals surface area contributed by atoms with Crippen LogP contribution in [0.5, 0.6) is 0 Å². The standard InChI is InChI=1S/C17H24N4O2.2H2/c1-10(2)13-7-14(20-19-13)16(23)21-6-3-11(9-21)18-15(22)12-8-17(12)4-5-17;;/h7,10-12H,3-6,8-9H2,1-2H3,(H,18,22)(H,19,20);2*1H/t11-,12?;;/m1../s1. The number of likely N-dealkylation sites (tertiary alicyclic amines) is 1. The number of rotatable bonds is 4. The first-order chi connectivity index (χ1) is 11.0. The number of aromatic amines is 1. The Morgan fingerprint density at radius 3 is 2.87 bits per heavy atom. The molecular formula is C17H28N4O2. The Kier molecular flexibility index (Phi) is 3.25. The molecule has 1 aliphatic heterocycles. The highest BCUT2D eigenvalue weighted by Crippen LogP contribution is 2.70. The molecule has 4 rings (SSSR count). The average Bonchev–Trinajstić information content (AvgIpc) is 3.30. The van der Waals surface area contributed by atoms with E-state index in [9.17, 15) is 9.59 Å². The van der Waals surface area contributed by atoms with Crippen LogP contribution in [0, 0.1) is 11.3 Å². The number of amides is 2. The molecule has 23 heavy (non-hydrogen) atoms. The second-order valence-electron chi connectivity index (χ2n) is 7.73. The lowest BCUT2D eigenvalue weighted by Gasteiger charge is -2.16. The summed E-state index contributed by atoms with van der Waals surface area (Å²) in [6.45, 7) is 5.40. The maximum atomic E-state index is 12.5. The largest absolute Gasteiger partial charge is 0.351 e. The quantitative estimate of drug-likeness (QED) is 0.892. The normalized spacial score (nSPS) is 27.5. The highest BCUT2D eigenvalue weighted by Gasteiger charge is 2.65. The number of nitrogens with one attached hydrogen (secondary N) is 2. The summed E-state index contributed by atoms with van der Waals surface area (Å²) in [6, 6.07) is 1.92. The van der Waals surface area contributed by atoms with Crippen molar-refractivity contribution in [3.63, 3.8) is 0 Å². The van der Waals surface area contributed by atoms with Crippen LogP contribution in [0.4, 0.5) is 0 Å². The third-order valence-electron chi connectivity index (χ3n) is 5.66. The van der Waals surface area contributed by atoms with Crippen molar-refractivity contribution in [2.75, 3.05) is 13.1 Å². The third-order valence-corrected chi connectivity index (χ3v) is 5.66. The van der Waals surface area contributed by atoms with Gasteiger partial charge >= 0.3 is 0 Å². The van der Waals surface area contributed by atoms with Crippen LogP contribution in [-0.2, 0) is 4.79 Å². The molecular weight excluding hydrogens is 292 g/mol. The van der Waals surface area contributed by atoms with Crippen molar-refractivity contribution in [2.24, 2.45) is 11.3 Å². The molecule has 0 radical (unpaired) electrons. The Morgan fingerprint density at radius 1 is 1.48 bits per heavy atom. The minimum Gasteiger partial charge on any atom is -0.351 e. The van der Waals surface area contributed by atoms with Gasteiger partial charge in [0.15, 0.2) is 0 Å². The van der Waals surface area contributed by atoms with E-state index >= 15 is 0 Å². The minimum absolute atomic E-state index is 0. The molecule has 2 heterocycles. The van der Waals surface area contributed by atoms with Crippen molar-refractivity contribution in [1.29, 1.82) is 0 Å². The van der Waals surface area contributed by atoms with Gasteiger partial charge in [0.05, 0.1) is 0 Å². The van der Waals surface area contributed by atoms with Crippen molar-refractivity contribution in [2.45, 2.75) is 51.5 Å². The third kappa shape index (κ3) is 2.64. The summed E-state index contributed by atoms with van der Waals surface area (Å²) in [5, 5.41) is 10.2. The van der Waals surface area contributed by atoms with Gasteiger partial charge in [0, 0.05) is 33.6 Å². The van der Waals surface area contributed by atoms with E-state index in [1.807, 2.05) is 6.07 Å². The summed E-state index contributed by atoms with van der Waals surface area (Å²) in [5.41, 5.74) is 1.83. The summed E-state index contributed by atoms with van der Waals surface area (Å²) in [5.74, 6) is 0.716. The molecule has 2 atom stereocenters. The molecule has 1 aromatic heterocycles. The Bertz CT molecular complexity index is 657. The molecule has 0 bridgehead atoms. The molecule has 0 aromatic carbocycles. The van der Waals surface area contributed by atoms with E-state index in [1.165, 1.54) is 12.8 Å². The second kappa shape index (κ2) is 5.08. The predicted octanol–water partition coefficient (Wildman–Crippen LogP) is 2.16. The van der Waals surface area contributed by atoms with E-state index in [0.29, 0.717) is 30.1 Å². The molecule has 128 valence electrons. The molecule has 2 amide bonds. The molecule has 1 spiro atoms. The maximum Gasteiger partial charge on any atom is 0.274 e. The fourth-order valence-electron chi connectivity index (χ4n) is 3.70. The van der Waals surface area contributed by atoms with Gasteiger partial charge in [-0.25, -0.2) is 0 Å². The Labute approximate surface area is 139 Å². The molecule has 6 nitrogen and oxygen atoms in total. The highest BCUT2D eigenvalue weighted by atomic mass is 16.2. The van der Waals surface area contributed by atoms with Crippen LogP contribution in [0.3, 0.4) is 0 Å². The van der Waals surface area contributed by atoms with Gasteiger partial charge in [-0.05, 0) is 43.1 Å². The molecule has 1 unspecified atom stereocenters. The van der Waals surface area contributed by atoms with Gasteiger partial charge in [0.1, 0.15) is 5.69 Å². The number of hydrogen-bond donors (Lipinski definition) is 2. The van der Waals surface area contributed by atoms with Gasteiger partial charge in [-0.15, -0.1) is 0 Å². The fraction of sp³-hybridized carbons (Fsp3) is 0.706. The molecule has 2 N–H and O–H groups in total. The topological polar surface area (TPSA) is 78.1 Å². The van der Waals surface area contributed by atoms with Crippen molar-refractivity contribution < 1.29 is 12.4 Å². The highest BCUT2D eigenvalue weighted by molar-refractivity contribution is 5.92. The number of H-pyrrole nitrogens is 1. The zero-order valence-corrected chi connectivity index (χ0v) is 13.8. The molecule has 1 saturated heterocycles. The van der Waals surface area contributed by atoms with E-state index in [4.69, 9.17) is 0 Å². The first-order valence-corrected chi connectivity index (χ1v) is 8.63. The summed E-state index contributed by atoms with van der Waals surface area (Å²) >= 11 is 0. The lowest BCUT2D eigenvalue weighted by Crippen LogP contribution is -2.39. The smallest absolute Gasteiger partial charge is 0.274 e. The van der Waals surface area contributed by atoms with E-state index in [2.05, 4.69) is 29.4 Å². The monoisotopic (exact) mass is 320 g/mol. The van der Waals surface area contributed by atoms with Crippen LogP contribution in [0.15, 0.2) is 6.07 Å². The number of aromatic nitrogens is 2. The number of hydrogen-bond acceptors (Lipinski definition) is 3. The van der Waals surface area contributed by atoms with Crippen LogP contribution in [0.2, 0.25) is 0 Å². The summed E-state index contributed by atoms with van der Waals surface area (Å²) in [7, 11) is 0. The number of carbonyl (C=O) groups is 2. The molecule has 2 aliphatic carbocycles. The van der Waals surface area contributed by atoms with E-state index in [0.717, 1.165) is 18.5 Å². The van der Waals surface area contributed by atoms with Crippen molar-refractivity contribution in [3.05, 3.63) is 17.5 Å². The minimum atomic E-state index is -0.0463. The summed E-state index contributed by atoms with van der Waals surface area (Å²) < 4.78 is 0. The lowest BCUT2D eigenvalue weighted by atomic mass is 10.1. The first-order valence-electron chi connectivity index (χ1n) is 8.63. The average molecular weight is 320 g/mol. The number of nitrogens with zero attached hydrogens (tertiary/aromatic N) is 2. The van der Waals surface area contributed by atoms with E-state index in [-0.39, 0.29) is 26.6 Å². The van der Waals surface area contributed by atoms with Gasteiger partial charge in [0.2, 0.25) is 5.91 Å². The SMILES string of the molecule is CC(C)c1cc(C(=O)N2CC[C@@H](NC(=O)C3CC34CC4)C2)n[nH]1.[HH].[HH]. The van der Waals surface area contributed by atoms with Crippen LogP contribution in [0.1, 0.15) is 64.5 Å². The zero-order valence-electron chi connectivity index (χ0n) is 13.8. The second-order valence-corrected chi connectivity index (χ2v) is 7.73. The zero-order chi connectivity index (χ0) is 16.2. The van der Waals surface area contributed by atoms with Crippen LogP contribution >= 0.6 is 0 Å². The van der Waals surface area contributed by atoms with E-state index < -0.39 is 0 Å². The number of carbonyl (C=O) groups excluding carboxylic acids is 2. The van der Waals surface area contributed by atoms with Crippen molar-refractivity contribution >= 4 is 11.8 Å². The molecule has 3 fully saturated rings. The van der Waals surface area contributed by atoms with Gasteiger partial charge in [-0.3, -0.25) is 14.7 Å². The Morgan fingerprint density at radius 2 is 2.26 bits per heavy atom. The molecule has 2 saturated carbocycles. The van der Waals surface area contributed by atoms with Gasteiger partial charge in [-0.1, -0.05) is 13.8 Å². The summed E-state index contributed by atoms with van der Waals surface area (Å²) in [4.78, 5) is 26.5. The molecule has 6 heteroatoms. The van der Waals surface area contributed by atoms with Crippen LogP contribution < -0.4 is 5.32 Å². The maximum absolute atomic E-state index is 12.5.